The predicted octanol–water partition coefficient (Wildman–Crippen LogP) is 3.61. The van der Waals surface area contributed by atoms with Gasteiger partial charge in [0, 0.05) is 16.9 Å². The molecule has 0 aliphatic heterocycles. The Morgan fingerprint density at radius 2 is 1.80 bits per heavy atom. The number of carbonyl (C=O) groups is 1. The first-order chi connectivity index (χ1) is 9.49. The van der Waals surface area contributed by atoms with E-state index in [9.17, 15) is 13.6 Å². The molecule has 0 bridgehead atoms. The second-order valence-corrected chi connectivity index (χ2v) is 5.14. The number of nitrogens with zero attached hydrogens (tertiary/aromatic N) is 1. The van der Waals surface area contributed by atoms with E-state index in [1.165, 1.54) is 0 Å². The molecule has 1 amide bonds. The maximum Gasteiger partial charge on any atom is 0.257 e. The third kappa shape index (κ3) is 3.19. The van der Waals surface area contributed by atoms with Crippen LogP contribution in [0.5, 0.6) is 0 Å². The molecule has 0 aliphatic carbocycles. The molecule has 0 spiro atoms. The fourth-order valence-electron chi connectivity index (χ4n) is 1.76. The van der Waals surface area contributed by atoms with Crippen LogP contribution >= 0.6 is 15.9 Å². The summed E-state index contributed by atoms with van der Waals surface area (Å²) in [5.74, 6) is -2.61. The molecular weight excluding hydrogens is 330 g/mol. The molecule has 6 heteroatoms. The van der Waals surface area contributed by atoms with E-state index in [4.69, 9.17) is 0 Å². The Kier molecular flexibility index (Phi) is 4.44. The lowest BCUT2D eigenvalue weighted by Crippen LogP contribution is -2.28. The minimum atomic E-state index is -0.906. The Bertz CT molecular complexity index is 611. The van der Waals surface area contributed by atoms with E-state index >= 15 is 0 Å². The molecule has 1 unspecified atom stereocenters. The number of pyridine rings is 1. The standard InChI is InChI=1S/C14H11BrF2N2O/c1-8(9-2-4-18-5-3-9)19-14(20)13-11(16)6-10(15)7-12(13)17/h2-8H,1H3,(H,19,20). The van der Waals surface area contributed by atoms with Gasteiger partial charge in [0.25, 0.3) is 5.91 Å². The number of halogens is 3. The van der Waals surface area contributed by atoms with Crippen molar-refractivity contribution in [3.05, 3.63) is 63.9 Å². The van der Waals surface area contributed by atoms with E-state index in [2.05, 4.69) is 26.2 Å². The topological polar surface area (TPSA) is 42.0 Å². The zero-order valence-corrected chi connectivity index (χ0v) is 12.1. The van der Waals surface area contributed by atoms with Crippen molar-refractivity contribution in [3.8, 4) is 0 Å². The molecule has 1 atom stereocenters. The maximum absolute atomic E-state index is 13.7. The van der Waals surface area contributed by atoms with Crippen molar-refractivity contribution < 1.29 is 13.6 Å². The van der Waals surface area contributed by atoms with E-state index in [0.717, 1.165) is 17.7 Å². The van der Waals surface area contributed by atoms with Gasteiger partial charge in [0.05, 0.1) is 6.04 Å². The van der Waals surface area contributed by atoms with E-state index in [1.807, 2.05) is 0 Å². The van der Waals surface area contributed by atoms with Gasteiger partial charge < -0.3 is 5.32 Å². The molecule has 0 fully saturated rings. The summed E-state index contributed by atoms with van der Waals surface area (Å²) >= 11 is 2.97. The van der Waals surface area contributed by atoms with Crippen LogP contribution in [0.1, 0.15) is 28.9 Å². The molecule has 2 aromatic rings. The summed E-state index contributed by atoms with van der Waals surface area (Å²) in [5, 5.41) is 2.55. The van der Waals surface area contributed by atoms with Gasteiger partial charge in [-0.3, -0.25) is 9.78 Å². The smallest absolute Gasteiger partial charge is 0.257 e. The first kappa shape index (κ1) is 14.6. The number of benzene rings is 1. The minimum absolute atomic E-state index is 0.242. The van der Waals surface area contributed by atoms with Crippen molar-refractivity contribution in [1.29, 1.82) is 0 Å². The zero-order chi connectivity index (χ0) is 14.7. The monoisotopic (exact) mass is 340 g/mol. The SMILES string of the molecule is CC(NC(=O)c1c(F)cc(Br)cc1F)c1ccncc1. The van der Waals surface area contributed by atoms with Crippen LogP contribution < -0.4 is 5.32 Å². The molecule has 2 rings (SSSR count). The van der Waals surface area contributed by atoms with Crippen molar-refractivity contribution in [2.75, 3.05) is 0 Å². The molecule has 1 heterocycles. The third-order valence-electron chi connectivity index (χ3n) is 2.79. The van der Waals surface area contributed by atoms with E-state index < -0.39 is 23.1 Å². The lowest BCUT2D eigenvalue weighted by Gasteiger charge is -2.14. The Morgan fingerprint density at radius 3 is 2.35 bits per heavy atom. The average Bonchev–Trinajstić information content (AvgIpc) is 2.38. The second-order valence-electron chi connectivity index (χ2n) is 4.22. The van der Waals surface area contributed by atoms with Crippen LogP contribution in [-0.4, -0.2) is 10.9 Å². The average molecular weight is 341 g/mol. The molecule has 0 saturated heterocycles. The molecule has 0 aliphatic rings. The normalized spacial score (nSPS) is 12.0. The van der Waals surface area contributed by atoms with E-state index in [-0.39, 0.29) is 10.5 Å². The minimum Gasteiger partial charge on any atom is -0.345 e. The summed E-state index contributed by atoms with van der Waals surface area (Å²) < 4.78 is 27.6. The quantitative estimate of drug-likeness (QED) is 0.927. The second kappa shape index (κ2) is 6.09. The van der Waals surface area contributed by atoms with Crippen molar-refractivity contribution >= 4 is 21.8 Å². The number of rotatable bonds is 3. The summed E-state index contributed by atoms with van der Waals surface area (Å²) in [6.07, 6.45) is 3.16. The Hall–Kier alpha value is -1.82. The number of hydrogen-bond acceptors (Lipinski definition) is 2. The van der Waals surface area contributed by atoms with Crippen molar-refractivity contribution in [3.63, 3.8) is 0 Å². The van der Waals surface area contributed by atoms with Gasteiger partial charge in [-0.25, -0.2) is 8.78 Å². The van der Waals surface area contributed by atoms with Crippen LogP contribution in [0.25, 0.3) is 0 Å². The first-order valence-corrected chi connectivity index (χ1v) is 6.63. The highest BCUT2D eigenvalue weighted by Gasteiger charge is 2.20. The Morgan fingerprint density at radius 1 is 1.25 bits per heavy atom. The lowest BCUT2D eigenvalue weighted by molar-refractivity contribution is 0.0931. The molecular formula is C14H11BrF2N2O. The number of hydrogen-bond donors (Lipinski definition) is 1. The molecule has 1 aromatic heterocycles. The molecule has 1 aromatic carbocycles. The molecule has 3 nitrogen and oxygen atoms in total. The fourth-order valence-corrected chi connectivity index (χ4v) is 2.17. The number of aromatic nitrogens is 1. The molecule has 1 N–H and O–H groups in total. The Labute approximate surface area is 123 Å². The number of carbonyl (C=O) groups excluding carboxylic acids is 1. The highest BCUT2D eigenvalue weighted by molar-refractivity contribution is 9.10. The van der Waals surface area contributed by atoms with Crippen LogP contribution in [-0.2, 0) is 0 Å². The maximum atomic E-state index is 13.7. The van der Waals surface area contributed by atoms with Crippen LogP contribution in [0.4, 0.5) is 8.78 Å². The number of amides is 1. The van der Waals surface area contributed by atoms with E-state index in [0.29, 0.717) is 0 Å². The Balaban J connectivity index is 2.21. The van der Waals surface area contributed by atoms with Gasteiger partial charge >= 0.3 is 0 Å². The van der Waals surface area contributed by atoms with Crippen LogP contribution in [0, 0.1) is 11.6 Å². The summed E-state index contributed by atoms with van der Waals surface area (Å²) in [7, 11) is 0. The summed E-state index contributed by atoms with van der Waals surface area (Å²) in [6, 6.07) is 5.16. The molecule has 0 saturated carbocycles. The number of nitrogens with one attached hydrogen (secondary N) is 1. The van der Waals surface area contributed by atoms with Crippen molar-refractivity contribution in [1.82, 2.24) is 10.3 Å². The first-order valence-electron chi connectivity index (χ1n) is 5.84. The van der Waals surface area contributed by atoms with E-state index in [1.54, 1.807) is 31.5 Å². The fraction of sp³-hybridized carbons (Fsp3) is 0.143. The van der Waals surface area contributed by atoms with Crippen LogP contribution in [0.2, 0.25) is 0 Å². The lowest BCUT2D eigenvalue weighted by atomic mass is 10.1. The van der Waals surface area contributed by atoms with Gasteiger partial charge in [0.15, 0.2) is 0 Å². The summed E-state index contributed by atoms with van der Waals surface area (Å²) in [5.41, 5.74) is 0.209. The zero-order valence-electron chi connectivity index (χ0n) is 10.5. The van der Waals surface area contributed by atoms with Crippen LogP contribution in [0.15, 0.2) is 41.1 Å². The van der Waals surface area contributed by atoms with Gasteiger partial charge in [0.2, 0.25) is 0 Å². The highest BCUT2D eigenvalue weighted by Crippen LogP contribution is 2.20. The largest absolute Gasteiger partial charge is 0.345 e. The highest BCUT2D eigenvalue weighted by atomic mass is 79.9. The van der Waals surface area contributed by atoms with Gasteiger partial charge in [0.1, 0.15) is 17.2 Å². The van der Waals surface area contributed by atoms with Crippen LogP contribution in [0.3, 0.4) is 0 Å². The van der Waals surface area contributed by atoms with Gasteiger partial charge in [-0.2, -0.15) is 0 Å². The molecule has 20 heavy (non-hydrogen) atoms. The van der Waals surface area contributed by atoms with Crippen molar-refractivity contribution in [2.45, 2.75) is 13.0 Å². The summed E-state index contributed by atoms with van der Waals surface area (Å²) in [6.45, 7) is 1.72. The van der Waals surface area contributed by atoms with Gasteiger partial charge in [-0.05, 0) is 36.8 Å². The molecule has 0 radical (unpaired) electrons. The molecule has 104 valence electrons. The predicted molar refractivity (Wildman–Crippen MR) is 74.2 cm³/mol. The van der Waals surface area contributed by atoms with Gasteiger partial charge in [-0.15, -0.1) is 0 Å². The van der Waals surface area contributed by atoms with Crippen molar-refractivity contribution in [2.24, 2.45) is 0 Å². The van der Waals surface area contributed by atoms with Gasteiger partial charge in [-0.1, -0.05) is 15.9 Å². The summed E-state index contributed by atoms with van der Waals surface area (Å²) in [4.78, 5) is 15.8. The third-order valence-corrected chi connectivity index (χ3v) is 3.25.